The summed E-state index contributed by atoms with van der Waals surface area (Å²) in [5.74, 6) is -1.58. The maximum atomic E-state index is 12.4. The summed E-state index contributed by atoms with van der Waals surface area (Å²) in [5, 5.41) is 14.6. The number of benzene rings is 2. The second kappa shape index (κ2) is 7.82. The quantitative estimate of drug-likeness (QED) is 0.627. The number of nitrogens with one attached hydrogen (secondary N) is 1. The van der Waals surface area contributed by atoms with E-state index in [4.69, 9.17) is 27.9 Å². The fourth-order valence-electron chi connectivity index (χ4n) is 2.39. The minimum atomic E-state index is -1.14. The Bertz CT molecular complexity index is 1040. The predicted molar refractivity (Wildman–Crippen MR) is 103 cm³/mol. The Labute approximate surface area is 164 Å². The number of anilines is 1. The molecular weight excluding hydrogens is 391 g/mol. The molecule has 1 aromatic heterocycles. The molecule has 0 saturated carbocycles. The highest BCUT2D eigenvalue weighted by atomic mass is 35.5. The average Bonchev–Trinajstić information content (AvgIpc) is 2.63. The summed E-state index contributed by atoms with van der Waals surface area (Å²) < 4.78 is 5.16. The van der Waals surface area contributed by atoms with E-state index in [1.165, 1.54) is 31.3 Å². The highest BCUT2D eigenvalue weighted by Crippen LogP contribution is 2.26. The molecule has 1 atom stereocenters. The molecule has 6 nitrogen and oxygen atoms in total. The molecule has 0 aliphatic heterocycles. The van der Waals surface area contributed by atoms with Gasteiger partial charge in [-0.3, -0.25) is 4.79 Å². The molecule has 2 aromatic carbocycles. The molecule has 0 saturated heterocycles. The second-order valence-corrected chi connectivity index (χ2v) is 6.58. The number of hydrogen-bond acceptors (Lipinski definition) is 5. The smallest absolute Gasteiger partial charge is 0.342 e. The summed E-state index contributed by atoms with van der Waals surface area (Å²) >= 11 is 11.7. The number of carbonyl (C=O) groups is 2. The molecule has 2 N–H and O–H groups in total. The van der Waals surface area contributed by atoms with Crippen molar-refractivity contribution in [2.75, 3.05) is 5.32 Å². The Hall–Kier alpha value is -2.83. The number of nitrogens with zero attached hydrogens (tertiary/aromatic N) is 1. The first-order chi connectivity index (χ1) is 12.8. The van der Waals surface area contributed by atoms with E-state index in [9.17, 15) is 14.7 Å². The molecule has 0 fully saturated rings. The molecule has 0 radical (unpaired) electrons. The van der Waals surface area contributed by atoms with Crippen molar-refractivity contribution in [1.29, 1.82) is 0 Å². The van der Waals surface area contributed by atoms with Crippen LogP contribution < -0.4 is 5.32 Å². The van der Waals surface area contributed by atoms with Crippen LogP contribution in [0.1, 0.15) is 17.3 Å². The van der Waals surface area contributed by atoms with Crippen molar-refractivity contribution in [1.82, 2.24) is 4.98 Å². The highest BCUT2D eigenvalue weighted by molar-refractivity contribution is 6.36. The molecule has 3 rings (SSSR count). The number of aromatic nitrogens is 1. The van der Waals surface area contributed by atoms with E-state index in [1.807, 2.05) is 18.2 Å². The number of phenolic OH excluding ortho intramolecular Hbond substituents is 1. The Kier molecular flexibility index (Phi) is 5.48. The summed E-state index contributed by atoms with van der Waals surface area (Å²) in [7, 11) is 0. The Balaban J connectivity index is 1.73. The monoisotopic (exact) mass is 404 g/mol. The number of halogens is 2. The molecule has 3 aromatic rings. The number of ether oxygens (including phenoxy) is 1. The van der Waals surface area contributed by atoms with Crippen molar-refractivity contribution in [2.45, 2.75) is 13.0 Å². The molecule has 0 aliphatic carbocycles. The van der Waals surface area contributed by atoms with Crippen molar-refractivity contribution >= 4 is 51.7 Å². The van der Waals surface area contributed by atoms with E-state index >= 15 is 0 Å². The van der Waals surface area contributed by atoms with Crippen molar-refractivity contribution in [3.63, 3.8) is 0 Å². The normalized spacial score (nSPS) is 11.8. The first-order valence-electron chi connectivity index (χ1n) is 7.90. The topological polar surface area (TPSA) is 88.5 Å². The molecule has 0 unspecified atom stereocenters. The largest absolute Gasteiger partial charge is 0.507 e. The van der Waals surface area contributed by atoms with E-state index in [0.717, 1.165) is 10.8 Å². The van der Waals surface area contributed by atoms with Gasteiger partial charge in [0, 0.05) is 6.20 Å². The zero-order valence-corrected chi connectivity index (χ0v) is 15.6. The zero-order chi connectivity index (χ0) is 19.6. The SMILES string of the molecule is C[C@H](OC(=O)c1cc2ccccc2cc1O)C(=O)Nc1ncc(Cl)cc1Cl. The van der Waals surface area contributed by atoms with Crippen LogP contribution in [0.2, 0.25) is 10.0 Å². The summed E-state index contributed by atoms with van der Waals surface area (Å²) in [4.78, 5) is 28.5. The summed E-state index contributed by atoms with van der Waals surface area (Å²) in [5.41, 5.74) is -0.0315. The predicted octanol–water partition coefficient (Wildman–Crippen LogP) is 4.43. The lowest BCUT2D eigenvalue weighted by molar-refractivity contribution is -0.123. The molecule has 8 heteroatoms. The number of amides is 1. The molecule has 0 bridgehead atoms. The van der Waals surface area contributed by atoms with Gasteiger partial charge in [0.2, 0.25) is 0 Å². The maximum absolute atomic E-state index is 12.4. The summed E-state index contributed by atoms with van der Waals surface area (Å²) in [6, 6.07) is 11.6. The lowest BCUT2D eigenvalue weighted by Gasteiger charge is -2.14. The van der Waals surface area contributed by atoms with Crippen LogP contribution in [0.3, 0.4) is 0 Å². The molecular formula is C19H14Cl2N2O4. The minimum Gasteiger partial charge on any atom is -0.507 e. The fraction of sp³-hybridized carbons (Fsp3) is 0.105. The van der Waals surface area contributed by atoms with Crippen LogP contribution in [0, 0.1) is 0 Å². The summed E-state index contributed by atoms with van der Waals surface area (Å²) in [6.07, 6.45) is 0.184. The molecule has 1 amide bonds. The van der Waals surface area contributed by atoms with Gasteiger partial charge in [-0.25, -0.2) is 9.78 Å². The number of carbonyl (C=O) groups excluding carboxylic acids is 2. The number of aromatic hydroxyl groups is 1. The molecule has 27 heavy (non-hydrogen) atoms. The van der Waals surface area contributed by atoms with Gasteiger partial charge < -0.3 is 15.2 Å². The van der Waals surface area contributed by atoms with Crippen LogP contribution in [-0.2, 0) is 9.53 Å². The molecule has 1 heterocycles. The van der Waals surface area contributed by atoms with Crippen molar-refractivity contribution in [3.8, 4) is 5.75 Å². The van der Waals surface area contributed by atoms with Gasteiger partial charge in [-0.05, 0) is 35.9 Å². The van der Waals surface area contributed by atoms with E-state index in [0.29, 0.717) is 5.02 Å². The number of phenols is 1. The van der Waals surface area contributed by atoms with Crippen LogP contribution in [0.15, 0.2) is 48.7 Å². The van der Waals surface area contributed by atoms with E-state index < -0.39 is 18.0 Å². The third kappa shape index (κ3) is 4.30. The second-order valence-electron chi connectivity index (χ2n) is 5.74. The van der Waals surface area contributed by atoms with Gasteiger partial charge >= 0.3 is 5.97 Å². The average molecular weight is 405 g/mol. The third-order valence-electron chi connectivity index (χ3n) is 3.79. The van der Waals surface area contributed by atoms with Gasteiger partial charge in [-0.2, -0.15) is 0 Å². The van der Waals surface area contributed by atoms with Crippen LogP contribution in [-0.4, -0.2) is 28.1 Å². The van der Waals surface area contributed by atoms with Gasteiger partial charge in [0.05, 0.1) is 10.0 Å². The summed E-state index contributed by atoms with van der Waals surface area (Å²) in [6.45, 7) is 1.40. The highest BCUT2D eigenvalue weighted by Gasteiger charge is 2.22. The van der Waals surface area contributed by atoms with Crippen LogP contribution in [0.4, 0.5) is 5.82 Å². The number of hydrogen-bond donors (Lipinski definition) is 2. The van der Waals surface area contributed by atoms with Gasteiger partial charge in [-0.1, -0.05) is 47.5 Å². The van der Waals surface area contributed by atoms with E-state index in [-0.39, 0.29) is 22.2 Å². The number of fused-ring (bicyclic) bond motifs is 1. The Morgan fingerprint density at radius 2 is 1.81 bits per heavy atom. The number of rotatable bonds is 4. The first-order valence-corrected chi connectivity index (χ1v) is 8.65. The third-order valence-corrected chi connectivity index (χ3v) is 4.28. The van der Waals surface area contributed by atoms with Crippen LogP contribution >= 0.6 is 23.2 Å². The lowest BCUT2D eigenvalue weighted by Crippen LogP contribution is -2.30. The van der Waals surface area contributed by atoms with Crippen LogP contribution in [0.5, 0.6) is 5.75 Å². The van der Waals surface area contributed by atoms with Gasteiger partial charge in [0.1, 0.15) is 11.3 Å². The minimum absolute atomic E-state index is 0.0315. The zero-order valence-electron chi connectivity index (χ0n) is 14.1. The van der Waals surface area contributed by atoms with E-state index in [2.05, 4.69) is 10.3 Å². The molecule has 0 aliphatic rings. The molecule has 0 spiro atoms. The fourth-order valence-corrected chi connectivity index (χ4v) is 2.82. The first kappa shape index (κ1) is 18.9. The lowest BCUT2D eigenvalue weighted by atomic mass is 10.1. The Morgan fingerprint density at radius 3 is 2.48 bits per heavy atom. The number of esters is 1. The van der Waals surface area contributed by atoms with Gasteiger partial charge in [0.25, 0.3) is 5.91 Å². The standard InChI is InChI=1S/C19H14Cl2N2O4/c1-10(18(25)23-17-15(21)8-13(20)9-22-17)27-19(26)14-6-11-4-2-3-5-12(11)7-16(14)24/h2-10,24H,1H3,(H,22,23,25)/t10-/m0/s1. The van der Waals surface area contributed by atoms with Crippen LogP contribution in [0.25, 0.3) is 10.8 Å². The van der Waals surface area contributed by atoms with E-state index in [1.54, 1.807) is 6.07 Å². The maximum Gasteiger partial charge on any atom is 0.342 e. The van der Waals surface area contributed by atoms with Crippen molar-refractivity contribution in [2.24, 2.45) is 0 Å². The van der Waals surface area contributed by atoms with Crippen molar-refractivity contribution < 1.29 is 19.4 Å². The van der Waals surface area contributed by atoms with Gasteiger partial charge in [0.15, 0.2) is 11.9 Å². The van der Waals surface area contributed by atoms with Crippen molar-refractivity contribution in [3.05, 3.63) is 64.3 Å². The molecule has 138 valence electrons. The Morgan fingerprint density at radius 1 is 1.15 bits per heavy atom. The van der Waals surface area contributed by atoms with Gasteiger partial charge in [-0.15, -0.1) is 0 Å². The number of pyridine rings is 1.